The normalized spacial score (nSPS) is 10.5. The second-order valence-electron chi connectivity index (χ2n) is 4.79. The van der Waals surface area contributed by atoms with E-state index in [1.807, 2.05) is 48.5 Å². The molecule has 3 aromatic rings. The van der Waals surface area contributed by atoms with Gasteiger partial charge in [-0.1, -0.05) is 30.3 Å². The lowest BCUT2D eigenvalue weighted by Gasteiger charge is -2.10. The Morgan fingerprint density at radius 1 is 0.905 bits per heavy atom. The van der Waals surface area contributed by atoms with Crippen molar-refractivity contribution in [3.63, 3.8) is 0 Å². The monoisotopic (exact) mass is 280 g/mol. The molecule has 0 fully saturated rings. The molecule has 3 aromatic carbocycles. The molecule has 0 heterocycles. The first-order chi connectivity index (χ1) is 10.3. The smallest absolute Gasteiger partial charge is 0.125 e. The highest BCUT2D eigenvalue weighted by atomic mass is 16.5. The summed E-state index contributed by atoms with van der Waals surface area (Å²) in [6.45, 7) is 0.439. The Morgan fingerprint density at radius 2 is 1.71 bits per heavy atom. The molecule has 0 aliphatic rings. The average molecular weight is 280 g/mol. The maximum Gasteiger partial charge on any atom is 0.125 e. The van der Waals surface area contributed by atoms with Gasteiger partial charge in [0.2, 0.25) is 0 Å². The number of phenols is 1. The van der Waals surface area contributed by atoms with Gasteiger partial charge >= 0.3 is 0 Å². The molecule has 0 saturated heterocycles. The fourth-order valence-corrected chi connectivity index (χ4v) is 2.29. The molecule has 0 aromatic heterocycles. The Hall–Kier alpha value is -2.68. The molecule has 0 unspecified atom stereocenters. The Kier molecular flexibility index (Phi) is 3.65. The number of phenolic OH excluding ortho intramolecular Hbond substituents is 1. The van der Waals surface area contributed by atoms with E-state index in [4.69, 9.17) is 9.47 Å². The molecule has 106 valence electrons. The molecule has 0 saturated carbocycles. The van der Waals surface area contributed by atoms with Crippen molar-refractivity contribution in [3.05, 3.63) is 66.2 Å². The molecular weight excluding hydrogens is 264 g/mol. The molecule has 0 radical (unpaired) electrons. The molecule has 0 aliphatic heterocycles. The number of fused-ring (bicyclic) bond motifs is 1. The maximum atomic E-state index is 9.54. The van der Waals surface area contributed by atoms with Crippen LogP contribution in [-0.2, 0) is 6.61 Å². The van der Waals surface area contributed by atoms with Crippen molar-refractivity contribution in [2.24, 2.45) is 0 Å². The number of para-hydroxylation sites is 1. The fourth-order valence-electron chi connectivity index (χ4n) is 2.29. The Morgan fingerprint density at radius 3 is 2.57 bits per heavy atom. The summed E-state index contributed by atoms with van der Waals surface area (Å²) < 4.78 is 11.1. The van der Waals surface area contributed by atoms with Crippen molar-refractivity contribution in [3.8, 4) is 17.2 Å². The number of hydrogen-bond donors (Lipinski definition) is 1. The molecule has 0 spiro atoms. The summed E-state index contributed by atoms with van der Waals surface area (Å²) in [4.78, 5) is 0. The summed E-state index contributed by atoms with van der Waals surface area (Å²) >= 11 is 0. The van der Waals surface area contributed by atoms with Crippen LogP contribution in [0.5, 0.6) is 17.2 Å². The number of rotatable bonds is 4. The van der Waals surface area contributed by atoms with E-state index in [2.05, 4.69) is 0 Å². The summed E-state index contributed by atoms with van der Waals surface area (Å²) in [5, 5.41) is 11.6. The quantitative estimate of drug-likeness (QED) is 0.781. The molecule has 0 aliphatic carbocycles. The molecule has 3 rings (SSSR count). The second-order valence-corrected chi connectivity index (χ2v) is 4.79. The molecule has 0 amide bonds. The third kappa shape index (κ3) is 2.92. The summed E-state index contributed by atoms with van der Waals surface area (Å²) in [7, 11) is 1.65. The van der Waals surface area contributed by atoms with E-state index in [1.165, 1.54) is 0 Å². The van der Waals surface area contributed by atoms with Crippen LogP contribution in [0.15, 0.2) is 60.7 Å². The van der Waals surface area contributed by atoms with Gasteiger partial charge in [0.25, 0.3) is 0 Å². The highest BCUT2D eigenvalue weighted by Gasteiger charge is 2.03. The standard InChI is InChI=1S/C18H16O3/c1-20-18-5-3-2-4-14(18)12-21-17-9-7-13-6-8-16(19)10-15(13)11-17/h2-11,19H,12H2,1H3. The molecule has 3 heteroatoms. The van der Waals surface area contributed by atoms with Crippen molar-refractivity contribution in [2.45, 2.75) is 6.61 Å². The fraction of sp³-hybridized carbons (Fsp3) is 0.111. The van der Waals surface area contributed by atoms with Crippen molar-refractivity contribution >= 4 is 10.8 Å². The molecule has 1 N–H and O–H groups in total. The van der Waals surface area contributed by atoms with Crippen LogP contribution in [0.1, 0.15) is 5.56 Å². The van der Waals surface area contributed by atoms with E-state index < -0.39 is 0 Å². The topological polar surface area (TPSA) is 38.7 Å². The predicted octanol–water partition coefficient (Wildman–Crippen LogP) is 4.13. The van der Waals surface area contributed by atoms with Crippen LogP contribution in [0.25, 0.3) is 10.8 Å². The lowest BCUT2D eigenvalue weighted by molar-refractivity contribution is 0.297. The number of ether oxygens (including phenoxy) is 2. The lowest BCUT2D eigenvalue weighted by atomic mass is 10.1. The van der Waals surface area contributed by atoms with E-state index >= 15 is 0 Å². The van der Waals surface area contributed by atoms with E-state index in [-0.39, 0.29) is 5.75 Å². The van der Waals surface area contributed by atoms with Gasteiger partial charge < -0.3 is 14.6 Å². The molecule has 0 bridgehead atoms. The van der Waals surface area contributed by atoms with Gasteiger partial charge in [-0.05, 0) is 41.1 Å². The number of hydrogen-bond acceptors (Lipinski definition) is 3. The molecule has 0 atom stereocenters. The highest BCUT2D eigenvalue weighted by Crippen LogP contribution is 2.26. The van der Waals surface area contributed by atoms with Gasteiger partial charge in [-0.15, -0.1) is 0 Å². The van der Waals surface area contributed by atoms with E-state index in [0.717, 1.165) is 27.8 Å². The van der Waals surface area contributed by atoms with Crippen molar-refractivity contribution in [1.29, 1.82) is 0 Å². The maximum absolute atomic E-state index is 9.54. The zero-order valence-electron chi connectivity index (χ0n) is 11.7. The number of benzene rings is 3. The van der Waals surface area contributed by atoms with E-state index in [9.17, 15) is 5.11 Å². The minimum Gasteiger partial charge on any atom is -0.508 e. The van der Waals surface area contributed by atoms with Gasteiger partial charge in [0, 0.05) is 5.56 Å². The van der Waals surface area contributed by atoms with Gasteiger partial charge in [0.1, 0.15) is 23.9 Å². The van der Waals surface area contributed by atoms with Crippen LogP contribution in [0, 0.1) is 0 Å². The summed E-state index contributed by atoms with van der Waals surface area (Å²) in [6, 6.07) is 18.9. The first-order valence-corrected chi connectivity index (χ1v) is 6.74. The van der Waals surface area contributed by atoms with Crippen LogP contribution in [0.3, 0.4) is 0 Å². The second kappa shape index (κ2) is 5.75. The zero-order chi connectivity index (χ0) is 14.7. The van der Waals surface area contributed by atoms with Crippen LogP contribution in [0.2, 0.25) is 0 Å². The third-order valence-corrected chi connectivity index (χ3v) is 3.38. The summed E-state index contributed by atoms with van der Waals surface area (Å²) in [6.07, 6.45) is 0. The molecule has 3 nitrogen and oxygen atoms in total. The van der Waals surface area contributed by atoms with Gasteiger partial charge in [-0.3, -0.25) is 0 Å². The van der Waals surface area contributed by atoms with Gasteiger partial charge in [0.05, 0.1) is 7.11 Å². The number of aromatic hydroxyl groups is 1. The Balaban J connectivity index is 1.81. The van der Waals surface area contributed by atoms with Gasteiger partial charge in [0.15, 0.2) is 0 Å². The van der Waals surface area contributed by atoms with E-state index in [0.29, 0.717) is 6.61 Å². The van der Waals surface area contributed by atoms with Crippen LogP contribution in [0.4, 0.5) is 0 Å². The van der Waals surface area contributed by atoms with Crippen molar-refractivity contribution in [1.82, 2.24) is 0 Å². The largest absolute Gasteiger partial charge is 0.508 e. The predicted molar refractivity (Wildman–Crippen MR) is 82.9 cm³/mol. The van der Waals surface area contributed by atoms with Crippen LogP contribution < -0.4 is 9.47 Å². The van der Waals surface area contributed by atoms with Crippen molar-refractivity contribution in [2.75, 3.05) is 7.11 Å². The summed E-state index contributed by atoms with van der Waals surface area (Å²) in [5.74, 6) is 1.83. The Labute approximate surface area is 123 Å². The zero-order valence-corrected chi connectivity index (χ0v) is 11.7. The van der Waals surface area contributed by atoms with Crippen molar-refractivity contribution < 1.29 is 14.6 Å². The minimum absolute atomic E-state index is 0.254. The summed E-state index contributed by atoms with van der Waals surface area (Å²) in [5.41, 5.74) is 0.996. The van der Waals surface area contributed by atoms with Crippen LogP contribution >= 0.6 is 0 Å². The number of methoxy groups -OCH3 is 1. The Bertz CT molecular complexity index is 765. The molecule has 21 heavy (non-hydrogen) atoms. The lowest BCUT2D eigenvalue weighted by Crippen LogP contribution is -1.98. The minimum atomic E-state index is 0.254. The average Bonchev–Trinajstić information content (AvgIpc) is 2.52. The first kappa shape index (κ1) is 13.3. The highest BCUT2D eigenvalue weighted by molar-refractivity contribution is 5.85. The SMILES string of the molecule is COc1ccccc1COc1ccc2ccc(O)cc2c1. The van der Waals surface area contributed by atoms with Crippen LogP contribution in [-0.4, -0.2) is 12.2 Å². The first-order valence-electron chi connectivity index (χ1n) is 6.74. The van der Waals surface area contributed by atoms with E-state index in [1.54, 1.807) is 19.2 Å². The van der Waals surface area contributed by atoms with Gasteiger partial charge in [-0.25, -0.2) is 0 Å². The molecular formula is C18H16O3. The van der Waals surface area contributed by atoms with Gasteiger partial charge in [-0.2, -0.15) is 0 Å². The third-order valence-electron chi connectivity index (χ3n) is 3.38.